The third-order valence-electron chi connectivity index (χ3n) is 3.37. The van der Waals surface area contributed by atoms with Crippen LogP contribution in [0.2, 0.25) is 0 Å². The van der Waals surface area contributed by atoms with Crippen LogP contribution < -0.4 is 5.32 Å². The Morgan fingerprint density at radius 3 is 2.78 bits per heavy atom. The molecular formula is C17H16FN3O2. The van der Waals surface area contributed by atoms with Crippen LogP contribution in [0, 0.1) is 5.82 Å². The molecular weight excluding hydrogens is 297 g/mol. The quantitative estimate of drug-likeness (QED) is 0.711. The van der Waals surface area contributed by atoms with Gasteiger partial charge < -0.3 is 9.73 Å². The van der Waals surface area contributed by atoms with Crippen LogP contribution in [0.15, 0.2) is 59.3 Å². The number of rotatable bonds is 6. The van der Waals surface area contributed by atoms with Crippen LogP contribution >= 0.6 is 0 Å². The summed E-state index contributed by atoms with van der Waals surface area (Å²) in [6.07, 6.45) is 4.38. The van der Waals surface area contributed by atoms with Crippen molar-refractivity contribution in [3.63, 3.8) is 0 Å². The minimum atomic E-state index is -0.310. The van der Waals surface area contributed by atoms with E-state index in [9.17, 15) is 9.18 Å². The van der Waals surface area contributed by atoms with Gasteiger partial charge in [0.25, 0.3) is 5.91 Å². The maximum atomic E-state index is 12.9. The first-order valence-electron chi connectivity index (χ1n) is 7.34. The van der Waals surface area contributed by atoms with E-state index < -0.39 is 0 Å². The van der Waals surface area contributed by atoms with Crippen LogP contribution in [0.3, 0.4) is 0 Å². The van der Waals surface area contributed by atoms with Crippen LogP contribution in [0.5, 0.6) is 0 Å². The smallest absolute Gasteiger partial charge is 0.287 e. The van der Waals surface area contributed by atoms with Gasteiger partial charge in [0.1, 0.15) is 11.6 Å². The van der Waals surface area contributed by atoms with Gasteiger partial charge in [0.2, 0.25) is 0 Å². The highest BCUT2D eigenvalue weighted by Crippen LogP contribution is 2.22. The number of hydrogen-bond acceptors (Lipinski definition) is 3. The van der Waals surface area contributed by atoms with E-state index >= 15 is 0 Å². The Hall–Kier alpha value is -2.89. The lowest BCUT2D eigenvalue weighted by atomic mass is 10.2. The first kappa shape index (κ1) is 15.0. The highest BCUT2D eigenvalue weighted by molar-refractivity contribution is 5.92. The first-order valence-corrected chi connectivity index (χ1v) is 7.34. The summed E-state index contributed by atoms with van der Waals surface area (Å²) in [4.78, 5) is 12.0. The summed E-state index contributed by atoms with van der Waals surface area (Å²) in [7, 11) is 0. The molecule has 5 nitrogen and oxygen atoms in total. The molecule has 1 N–H and O–H groups in total. The number of aryl methyl sites for hydroxylation is 1. The summed E-state index contributed by atoms with van der Waals surface area (Å²) >= 11 is 0. The molecule has 3 rings (SSSR count). The Morgan fingerprint density at radius 2 is 2.04 bits per heavy atom. The molecule has 0 radical (unpaired) electrons. The Balaban J connectivity index is 1.52. The van der Waals surface area contributed by atoms with Crippen LogP contribution in [-0.2, 0) is 6.54 Å². The van der Waals surface area contributed by atoms with Crippen LogP contribution in [0.1, 0.15) is 17.0 Å². The number of carbonyl (C=O) groups is 1. The van der Waals surface area contributed by atoms with Crippen molar-refractivity contribution in [1.82, 2.24) is 15.1 Å². The van der Waals surface area contributed by atoms with Crippen molar-refractivity contribution >= 4 is 5.91 Å². The Morgan fingerprint density at radius 1 is 1.22 bits per heavy atom. The van der Waals surface area contributed by atoms with E-state index in [1.807, 2.05) is 16.9 Å². The van der Waals surface area contributed by atoms with Gasteiger partial charge in [-0.3, -0.25) is 9.48 Å². The van der Waals surface area contributed by atoms with Gasteiger partial charge in [-0.25, -0.2) is 4.39 Å². The number of carbonyl (C=O) groups excluding carboxylic acids is 1. The lowest BCUT2D eigenvalue weighted by Gasteiger charge is -2.03. The van der Waals surface area contributed by atoms with Gasteiger partial charge in [0.15, 0.2) is 5.76 Å². The molecule has 0 spiro atoms. The number of hydrogen-bond donors (Lipinski definition) is 1. The molecule has 2 aromatic heterocycles. The molecule has 0 aliphatic carbocycles. The lowest BCUT2D eigenvalue weighted by Crippen LogP contribution is -2.24. The first-order chi connectivity index (χ1) is 11.2. The van der Waals surface area contributed by atoms with Crippen molar-refractivity contribution in [2.75, 3.05) is 6.54 Å². The molecule has 0 saturated heterocycles. The average molecular weight is 313 g/mol. The van der Waals surface area contributed by atoms with Gasteiger partial charge in [-0.2, -0.15) is 5.10 Å². The van der Waals surface area contributed by atoms with E-state index in [-0.39, 0.29) is 17.5 Å². The van der Waals surface area contributed by atoms with Crippen molar-refractivity contribution < 1.29 is 13.6 Å². The summed E-state index contributed by atoms with van der Waals surface area (Å²) < 4.78 is 20.2. The molecule has 23 heavy (non-hydrogen) atoms. The van der Waals surface area contributed by atoms with Crippen LogP contribution in [0.25, 0.3) is 11.3 Å². The molecule has 0 unspecified atom stereocenters. The van der Waals surface area contributed by atoms with Crippen LogP contribution in [0.4, 0.5) is 4.39 Å². The monoisotopic (exact) mass is 313 g/mol. The van der Waals surface area contributed by atoms with Crippen molar-refractivity contribution in [2.24, 2.45) is 0 Å². The maximum Gasteiger partial charge on any atom is 0.287 e. The fourth-order valence-corrected chi connectivity index (χ4v) is 2.19. The molecule has 0 aliphatic heterocycles. The number of halogens is 1. The minimum absolute atomic E-state index is 0.239. The van der Waals surface area contributed by atoms with Gasteiger partial charge >= 0.3 is 0 Å². The summed E-state index contributed by atoms with van der Waals surface area (Å²) in [6.45, 7) is 1.28. The summed E-state index contributed by atoms with van der Waals surface area (Å²) in [5, 5.41) is 6.89. The lowest BCUT2D eigenvalue weighted by molar-refractivity contribution is 0.0925. The second-order valence-electron chi connectivity index (χ2n) is 5.05. The zero-order valence-corrected chi connectivity index (χ0v) is 12.4. The molecule has 1 aromatic carbocycles. The van der Waals surface area contributed by atoms with E-state index in [1.54, 1.807) is 30.5 Å². The van der Waals surface area contributed by atoms with E-state index in [4.69, 9.17) is 4.42 Å². The molecule has 118 valence electrons. The fourth-order valence-electron chi connectivity index (χ4n) is 2.19. The molecule has 0 atom stereocenters. The number of furan rings is 1. The SMILES string of the molecule is O=C(NCCCn1cccn1)c1ccc(-c2ccc(F)cc2)o1. The largest absolute Gasteiger partial charge is 0.451 e. The summed E-state index contributed by atoms with van der Waals surface area (Å²) in [5.74, 6) is 0.199. The molecule has 0 saturated carbocycles. The normalized spacial score (nSPS) is 10.7. The molecule has 1 amide bonds. The highest BCUT2D eigenvalue weighted by atomic mass is 19.1. The van der Waals surface area contributed by atoms with Crippen molar-refractivity contribution in [3.05, 3.63) is 66.4 Å². The predicted molar refractivity (Wildman–Crippen MR) is 83.3 cm³/mol. The zero-order chi connectivity index (χ0) is 16.1. The Kier molecular flexibility index (Phi) is 4.52. The van der Waals surface area contributed by atoms with Gasteiger partial charge in [-0.1, -0.05) is 0 Å². The molecule has 3 aromatic rings. The van der Waals surface area contributed by atoms with E-state index in [2.05, 4.69) is 10.4 Å². The van der Waals surface area contributed by atoms with Gasteiger partial charge in [-0.15, -0.1) is 0 Å². The van der Waals surface area contributed by atoms with E-state index in [0.717, 1.165) is 18.5 Å². The maximum absolute atomic E-state index is 12.9. The van der Waals surface area contributed by atoms with E-state index in [1.165, 1.54) is 12.1 Å². The van der Waals surface area contributed by atoms with Gasteiger partial charge in [0.05, 0.1) is 0 Å². The number of nitrogens with one attached hydrogen (secondary N) is 1. The number of benzene rings is 1. The second-order valence-corrected chi connectivity index (χ2v) is 5.05. The van der Waals surface area contributed by atoms with Gasteiger partial charge in [0, 0.05) is 31.0 Å². The Labute approximate surface area is 132 Å². The molecule has 0 aliphatic rings. The van der Waals surface area contributed by atoms with Gasteiger partial charge in [-0.05, 0) is 48.9 Å². The minimum Gasteiger partial charge on any atom is -0.451 e. The molecule has 0 fully saturated rings. The van der Waals surface area contributed by atoms with Crippen LogP contribution in [-0.4, -0.2) is 22.2 Å². The van der Waals surface area contributed by atoms with E-state index in [0.29, 0.717) is 12.3 Å². The summed E-state index contributed by atoms with van der Waals surface area (Å²) in [6, 6.07) is 11.1. The molecule has 6 heteroatoms. The molecule has 2 heterocycles. The van der Waals surface area contributed by atoms with Crippen molar-refractivity contribution in [2.45, 2.75) is 13.0 Å². The standard InChI is InChI=1S/C17H16FN3O2/c18-14-5-3-13(4-6-14)15-7-8-16(23-15)17(22)19-9-1-11-21-12-2-10-20-21/h2-8,10,12H,1,9,11H2,(H,19,22). The topological polar surface area (TPSA) is 60.1 Å². The average Bonchev–Trinajstić information content (AvgIpc) is 3.24. The second kappa shape index (κ2) is 6.91. The number of aromatic nitrogens is 2. The highest BCUT2D eigenvalue weighted by Gasteiger charge is 2.11. The Bertz CT molecular complexity index is 764. The van der Waals surface area contributed by atoms with Crippen molar-refractivity contribution in [3.8, 4) is 11.3 Å². The summed E-state index contributed by atoms with van der Waals surface area (Å²) in [5.41, 5.74) is 0.726. The number of amides is 1. The molecule has 0 bridgehead atoms. The third kappa shape index (κ3) is 3.85. The fraction of sp³-hybridized carbons (Fsp3) is 0.176. The zero-order valence-electron chi connectivity index (χ0n) is 12.4. The van der Waals surface area contributed by atoms with Crippen molar-refractivity contribution in [1.29, 1.82) is 0 Å². The number of nitrogens with zero attached hydrogens (tertiary/aromatic N) is 2. The predicted octanol–water partition coefficient (Wildman–Crippen LogP) is 3.10. The third-order valence-corrected chi connectivity index (χ3v) is 3.37.